The molecule has 3 unspecified atom stereocenters. The molecule has 0 spiro atoms. The summed E-state index contributed by atoms with van der Waals surface area (Å²) in [6.07, 6.45) is -3.12. The van der Waals surface area contributed by atoms with Crippen LogP contribution >= 0.6 is 0 Å². The molecular formula is C6H8N2O8. The van der Waals surface area contributed by atoms with E-state index in [1.54, 1.807) is 0 Å². The van der Waals surface area contributed by atoms with Gasteiger partial charge in [-0.2, -0.15) is 0 Å². The minimum Gasteiger partial charge on any atom is -0.371 e. The summed E-state index contributed by atoms with van der Waals surface area (Å²) >= 11 is 0. The first-order valence-electron chi connectivity index (χ1n) is 4.43. The molecule has 0 aliphatic carbocycles. The van der Waals surface area contributed by atoms with Crippen LogP contribution in [-0.2, 0) is 19.1 Å². The Hall–Kier alpha value is -1.68. The third-order valence-electron chi connectivity index (χ3n) is 2.41. The number of fused-ring (bicyclic) bond motifs is 1. The van der Waals surface area contributed by atoms with E-state index in [1.165, 1.54) is 0 Å². The summed E-state index contributed by atoms with van der Waals surface area (Å²) in [5.41, 5.74) is 0. The minimum atomic E-state index is -0.943. The number of ether oxygens (including phenoxy) is 2. The second-order valence-corrected chi connectivity index (χ2v) is 3.33. The zero-order valence-corrected chi connectivity index (χ0v) is 7.88. The maximum Gasteiger partial charge on any atom is 0.294 e. The molecule has 4 atom stereocenters. The highest BCUT2D eigenvalue weighted by atomic mass is 17.0. The maximum absolute atomic E-state index is 10.1. The summed E-state index contributed by atoms with van der Waals surface area (Å²) < 4.78 is 10.2. The lowest BCUT2D eigenvalue weighted by Gasteiger charge is -2.13. The van der Waals surface area contributed by atoms with Crippen LogP contribution in [0, 0.1) is 20.2 Å². The lowest BCUT2D eigenvalue weighted by Crippen LogP contribution is -2.35. The predicted molar refractivity (Wildman–Crippen MR) is 43.2 cm³/mol. The Kier molecular flexibility index (Phi) is 2.75. The molecule has 0 bridgehead atoms. The van der Waals surface area contributed by atoms with E-state index >= 15 is 0 Å². The highest BCUT2D eigenvalue weighted by molar-refractivity contribution is 4.94. The van der Waals surface area contributed by atoms with E-state index in [4.69, 9.17) is 9.47 Å². The van der Waals surface area contributed by atoms with Crippen molar-refractivity contribution in [1.82, 2.24) is 0 Å². The van der Waals surface area contributed by atoms with Gasteiger partial charge in [-0.15, -0.1) is 20.2 Å². The summed E-state index contributed by atoms with van der Waals surface area (Å²) in [5.74, 6) is 0. The van der Waals surface area contributed by atoms with Gasteiger partial charge in [0.2, 0.25) is 0 Å². The molecule has 16 heavy (non-hydrogen) atoms. The molecule has 10 nitrogen and oxygen atoms in total. The molecule has 2 rings (SSSR count). The Morgan fingerprint density at radius 3 is 1.62 bits per heavy atom. The predicted octanol–water partition coefficient (Wildman–Crippen LogP) is -1.06. The van der Waals surface area contributed by atoms with Crippen molar-refractivity contribution in [3.05, 3.63) is 20.2 Å². The molecule has 2 saturated heterocycles. The topological polar surface area (TPSA) is 123 Å². The molecule has 2 aliphatic heterocycles. The van der Waals surface area contributed by atoms with E-state index in [0.29, 0.717) is 0 Å². The Balaban J connectivity index is 1.95. The van der Waals surface area contributed by atoms with Crippen molar-refractivity contribution in [3.63, 3.8) is 0 Å². The first-order valence-corrected chi connectivity index (χ1v) is 4.43. The minimum absolute atomic E-state index is 0.0477. The molecule has 0 aromatic carbocycles. The van der Waals surface area contributed by atoms with Crippen molar-refractivity contribution < 1.29 is 29.3 Å². The first-order chi connectivity index (χ1) is 7.58. The molecule has 0 saturated carbocycles. The first kappa shape index (κ1) is 10.8. The van der Waals surface area contributed by atoms with Crippen LogP contribution in [0.4, 0.5) is 0 Å². The highest BCUT2D eigenvalue weighted by Gasteiger charge is 2.51. The smallest absolute Gasteiger partial charge is 0.294 e. The van der Waals surface area contributed by atoms with Crippen LogP contribution in [0.5, 0.6) is 0 Å². The molecule has 0 aromatic rings. The van der Waals surface area contributed by atoms with Crippen LogP contribution in [0.2, 0.25) is 0 Å². The molecule has 0 amide bonds. The normalized spacial score (nSPS) is 36.8. The average molecular weight is 236 g/mol. The van der Waals surface area contributed by atoms with Crippen molar-refractivity contribution >= 4 is 0 Å². The van der Waals surface area contributed by atoms with Gasteiger partial charge >= 0.3 is 0 Å². The molecule has 90 valence electrons. The monoisotopic (exact) mass is 236 g/mol. The number of nitrogens with zero attached hydrogens (tertiary/aromatic N) is 2. The zero-order chi connectivity index (χ0) is 11.7. The molecular weight excluding hydrogens is 228 g/mol. The molecule has 10 heteroatoms. The Labute approximate surface area is 88.2 Å². The Bertz CT molecular complexity index is 279. The van der Waals surface area contributed by atoms with Gasteiger partial charge in [-0.1, -0.05) is 0 Å². The Morgan fingerprint density at radius 1 is 0.938 bits per heavy atom. The van der Waals surface area contributed by atoms with Crippen molar-refractivity contribution in [2.24, 2.45) is 0 Å². The lowest BCUT2D eigenvalue weighted by atomic mass is 10.1. The van der Waals surface area contributed by atoms with Crippen molar-refractivity contribution in [2.45, 2.75) is 24.4 Å². The van der Waals surface area contributed by atoms with Crippen LogP contribution in [0.25, 0.3) is 0 Å². The third-order valence-corrected chi connectivity index (χ3v) is 2.41. The molecule has 0 radical (unpaired) electrons. The summed E-state index contributed by atoms with van der Waals surface area (Å²) in [6.45, 7) is -0.0955. The number of hydrogen-bond acceptors (Lipinski definition) is 8. The summed E-state index contributed by atoms with van der Waals surface area (Å²) in [4.78, 5) is 28.9. The number of hydrogen-bond donors (Lipinski definition) is 0. The quantitative estimate of drug-likeness (QED) is 0.446. The average Bonchev–Trinajstić information content (AvgIpc) is 2.70. The highest BCUT2D eigenvalue weighted by Crippen LogP contribution is 2.30. The zero-order valence-electron chi connectivity index (χ0n) is 7.88. The fourth-order valence-electron chi connectivity index (χ4n) is 1.83. The van der Waals surface area contributed by atoms with E-state index in [2.05, 4.69) is 9.68 Å². The second kappa shape index (κ2) is 4.06. The van der Waals surface area contributed by atoms with E-state index in [-0.39, 0.29) is 13.2 Å². The van der Waals surface area contributed by atoms with Gasteiger partial charge in [-0.25, -0.2) is 0 Å². The van der Waals surface area contributed by atoms with Crippen LogP contribution in [0.3, 0.4) is 0 Å². The molecule has 0 aromatic heterocycles. The largest absolute Gasteiger partial charge is 0.371 e. The fraction of sp³-hybridized carbons (Fsp3) is 1.00. The van der Waals surface area contributed by atoms with E-state index in [1.807, 2.05) is 0 Å². The van der Waals surface area contributed by atoms with Gasteiger partial charge in [-0.05, 0) is 0 Å². The number of rotatable bonds is 4. The van der Waals surface area contributed by atoms with Crippen molar-refractivity contribution in [1.29, 1.82) is 0 Å². The van der Waals surface area contributed by atoms with Crippen LogP contribution in [0.15, 0.2) is 0 Å². The SMILES string of the molecule is O=[N+]([O-])OC1CO[C@H]2C(O[N+](=O)[O-])COC12. The summed E-state index contributed by atoms with van der Waals surface area (Å²) in [6, 6.07) is 0. The van der Waals surface area contributed by atoms with E-state index < -0.39 is 34.6 Å². The lowest BCUT2D eigenvalue weighted by molar-refractivity contribution is -0.769. The van der Waals surface area contributed by atoms with Gasteiger partial charge < -0.3 is 19.1 Å². The van der Waals surface area contributed by atoms with Gasteiger partial charge in [-0.3, -0.25) is 0 Å². The van der Waals surface area contributed by atoms with Crippen molar-refractivity contribution in [2.75, 3.05) is 13.2 Å². The van der Waals surface area contributed by atoms with E-state index in [0.717, 1.165) is 0 Å². The van der Waals surface area contributed by atoms with Crippen molar-refractivity contribution in [3.8, 4) is 0 Å². The van der Waals surface area contributed by atoms with Gasteiger partial charge in [0.05, 0.1) is 13.2 Å². The third kappa shape index (κ3) is 1.97. The van der Waals surface area contributed by atoms with Crippen LogP contribution < -0.4 is 0 Å². The summed E-state index contributed by atoms with van der Waals surface area (Å²) in [5, 5.41) is 18.4. The van der Waals surface area contributed by atoms with E-state index in [9.17, 15) is 20.2 Å². The van der Waals surface area contributed by atoms with Gasteiger partial charge in [0.25, 0.3) is 10.2 Å². The molecule has 2 heterocycles. The van der Waals surface area contributed by atoms with Crippen LogP contribution in [-0.4, -0.2) is 47.8 Å². The second-order valence-electron chi connectivity index (χ2n) is 3.33. The molecule has 0 N–H and O–H groups in total. The van der Waals surface area contributed by atoms with Gasteiger partial charge in [0.15, 0.2) is 12.2 Å². The maximum atomic E-state index is 10.1. The summed E-state index contributed by atoms with van der Waals surface area (Å²) in [7, 11) is 0. The molecule has 2 aliphatic rings. The fourth-order valence-corrected chi connectivity index (χ4v) is 1.83. The van der Waals surface area contributed by atoms with Gasteiger partial charge in [0.1, 0.15) is 12.2 Å². The van der Waals surface area contributed by atoms with Crippen LogP contribution in [0.1, 0.15) is 0 Å². The van der Waals surface area contributed by atoms with Gasteiger partial charge in [0, 0.05) is 0 Å². The molecule has 2 fully saturated rings. The standard InChI is InChI=1S/C6H8N2O8/c9-7(10)15-3-1-13-6-4(16-8(11)12)2-14-5(3)6/h3-6H,1-2H2/t3?,4?,5-,6?/m0/s1. The Morgan fingerprint density at radius 2 is 1.31 bits per heavy atom.